The van der Waals surface area contributed by atoms with E-state index in [-0.39, 0.29) is 30.5 Å². The van der Waals surface area contributed by atoms with E-state index in [0.29, 0.717) is 19.7 Å². The molecule has 0 bridgehead atoms. The number of carbonyl (C=O) groups is 1. The summed E-state index contributed by atoms with van der Waals surface area (Å²) in [6, 6.07) is 7.87. The van der Waals surface area contributed by atoms with Crippen LogP contribution in [0.2, 0.25) is 0 Å². The first-order valence-corrected chi connectivity index (χ1v) is 7.40. The van der Waals surface area contributed by atoms with Gasteiger partial charge in [-0.25, -0.2) is 0 Å². The van der Waals surface area contributed by atoms with Gasteiger partial charge in [0.15, 0.2) is 0 Å². The van der Waals surface area contributed by atoms with Gasteiger partial charge in [-0.05, 0) is 31.9 Å². The molecule has 6 heteroatoms. The molecule has 1 heterocycles. The molecule has 0 radical (unpaired) electrons. The van der Waals surface area contributed by atoms with Gasteiger partial charge in [-0.1, -0.05) is 17.7 Å². The van der Waals surface area contributed by atoms with Gasteiger partial charge < -0.3 is 20.1 Å². The maximum Gasteiger partial charge on any atom is 0.251 e. The summed E-state index contributed by atoms with van der Waals surface area (Å²) >= 11 is 0. The summed E-state index contributed by atoms with van der Waals surface area (Å²) in [5.74, 6) is 0.834. The first-order chi connectivity index (χ1) is 10.1. The van der Waals surface area contributed by atoms with E-state index in [1.807, 2.05) is 31.2 Å². The largest absolute Gasteiger partial charge is 0.492 e. The first kappa shape index (κ1) is 18.7. The van der Waals surface area contributed by atoms with Crippen LogP contribution >= 0.6 is 12.4 Å². The molecule has 124 valence electrons. The Morgan fingerprint density at radius 3 is 2.64 bits per heavy atom. The molecule has 1 aliphatic heterocycles. The number of amides is 1. The van der Waals surface area contributed by atoms with Gasteiger partial charge in [0.25, 0.3) is 5.91 Å². The standard InChI is InChI=1S/C16H24N2O3.ClH/c1-12-3-5-13(6-4-12)20-10-9-18(2)16(19)15-8-7-14(11-17)21-15;/h3-6,14-15H,7-11,17H2,1-2H3;1H/t14-,15+;/m1./s1. The number of benzene rings is 1. The van der Waals surface area contributed by atoms with Crippen LogP contribution in [-0.2, 0) is 9.53 Å². The molecule has 2 rings (SSSR count). The lowest BCUT2D eigenvalue weighted by molar-refractivity contribution is -0.141. The minimum Gasteiger partial charge on any atom is -0.492 e. The van der Waals surface area contributed by atoms with Crippen molar-refractivity contribution in [2.24, 2.45) is 5.73 Å². The van der Waals surface area contributed by atoms with Crippen molar-refractivity contribution in [2.75, 3.05) is 26.7 Å². The molecule has 1 aromatic carbocycles. The summed E-state index contributed by atoms with van der Waals surface area (Å²) in [5, 5.41) is 0. The van der Waals surface area contributed by atoms with E-state index in [0.717, 1.165) is 18.6 Å². The van der Waals surface area contributed by atoms with Crippen molar-refractivity contribution < 1.29 is 14.3 Å². The highest BCUT2D eigenvalue weighted by molar-refractivity contribution is 5.85. The van der Waals surface area contributed by atoms with E-state index in [9.17, 15) is 4.79 Å². The molecule has 5 nitrogen and oxygen atoms in total. The quantitative estimate of drug-likeness (QED) is 0.864. The zero-order valence-corrected chi connectivity index (χ0v) is 14.0. The molecule has 0 saturated carbocycles. The predicted octanol–water partition coefficient (Wildman–Crippen LogP) is 1.76. The molecular formula is C16H25ClN2O3. The summed E-state index contributed by atoms with van der Waals surface area (Å²) in [5.41, 5.74) is 6.75. The monoisotopic (exact) mass is 328 g/mol. The number of carbonyl (C=O) groups excluding carboxylic acids is 1. The molecule has 0 aromatic heterocycles. The van der Waals surface area contributed by atoms with Gasteiger partial charge in [0, 0.05) is 13.6 Å². The Kier molecular flexibility index (Phi) is 7.65. The zero-order chi connectivity index (χ0) is 15.2. The van der Waals surface area contributed by atoms with Gasteiger partial charge in [0.1, 0.15) is 18.5 Å². The lowest BCUT2D eigenvalue weighted by atomic mass is 10.2. The lowest BCUT2D eigenvalue weighted by Crippen LogP contribution is -2.39. The molecule has 2 atom stereocenters. The van der Waals surface area contributed by atoms with E-state index < -0.39 is 0 Å². The maximum atomic E-state index is 12.2. The fraction of sp³-hybridized carbons (Fsp3) is 0.562. The van der Waals surface area contributed by atoms with Gasteiger partial charge in [0.05, 0.1) is 12.6 Å². The fourth-order valence-electron chi connectivity index (χ4n) is 2.35. The van der Waals surface area contributed by atoms with Crippen molar-refractivity contribution in [3.8, 4) is 5.75 Å². The van der Waals surface area contributed by atoms with Gasteiger partial charge >= 0.3 is 0 Å². The Labute approximate surface area is 138 Å². The highest BCUT2D eigenvalue weighted by Gasteiger charge is 2.31. The normalized spacial score (nSPS) is 20.3. The van der Waals surface area contributed by atoms with Crippen LogP contribution in [0.15, 0.2) is 24.3 Å². The topological polar surface area (TPSA) is 64.8 Å². The van der Waals surface area contributed by atoms with Gasteiger partial charge in [-0.3, -0.25) is 4.79 Å². The van der Waals surface area contributed by atoms with Crippen molar-refractivity contribution in [3.63, 3.8) is 0 Å². The van der Waals surface area contributed by atoms with Crippen molar-refractivity contribution in [1.82, 2.24) is 4.90 Å². The molecule has 1 aliphatic rings. The van der Waals surface area contributed by atoms with Crippen LogP contribution in [0.1, 0.15) is 18.4 Å². The third-order valence-corrected chi connectivity index (χ3v) is 3.74. The number of aryl methyl sites for hydroxylation is 1. The van der Waals surface area contributed by atoms with Gasteiger partial charge in [-0.15, -0.1) is 12.4 Å². The second kappa shape index (κ2) is 8.98. The van der Waals surface area contributed by atoms with E-state index in [1.165, 1.54) is 5.56 Å². The maximum absolute atomic E-state index is 12.2. The zero-order valence-electron chi connectivity index (χ0n) is 13.2. The fourth-order valence-corrected chi connectivity index (χ4v) is 2.35. The first-order valence-electron chi connectivity index (χ1n) is 7.40. The van der Waals surface area contributed by atoms with Crippen molar-refractivity contribution in [2.45, 2.75) is 32.0 Å². The molecule has 0 spiro atoms. The molecule has 1 saturated heterocycles. The molecule has 1 amide bonds. The number of nitrogens with two attached hydrogens (primary N) is 1. The van der Waals surface area contributed by atoms with E-state index in [1.54, 1.807) is 11.9 Å². The van der Waals surface area contributed by atoms with Crippen LogP contribution in [0.3, 0.4) is 0 Å². The minimum atomic E-state index is -0.345. The Bertz CT molecular complexity index is 467. The molecule has 1 fully saturated rings. The van der Waals surface area contributed by atoms with E-state index >= 15 is 0 Å². The van der Waals surface area contributed by atoms with Crippen LogP contribution in [-0.4, -0.2) is 49.8 Å². The number of ether oxygens (including phenoxy) is 2. The molecule has 0 aliphatic carbocycles. The SMILES string of the molecule is Cc1ccc(OCCN(C)C(=O)[C@@H]2CC[C@H](CN)O2)cc1.Cl. The van der Waals surface area contributed by atoms with Gasteiger partial charge in [0.2, 0.25) is 0 Å². The molecule has 2 N–H and O–H groups in total. The predicted molar refractivity (Wildman–Crippen MR) is 88.5 cm³/mol. The van der Waals surface area contributed by atoms with Gasteiger partial charge in [-0.2, -0.15) is 0 Å². The highest BCUT2D eigenvalue weighted by atomic mass is 35.5. The van der Waals surface area contributed by atoms with Crippen molar-refractivity contribution in [3.05, 3.63) is 29.8 Å². The summed E-state index contributed by atoms with van der Waals surface area (Å²) in [7, 11) is 1.78. The molecule has 0 unspecified atom stereocenters. The number of likely N-dealkylation sites (N-methyl/N-ethyl adjacent to an activating group) is 1. The van der Waals surface area contributed by atoms with Crippen molar-refractivity contribution in [1.29, 1.82) is 0 Å². The van der Waals surface area contributed by atoms with Crippen molar-refractivity contribution >= 4 is 18.3 Å². The number of hydrogen-bond acceptors (Lipinski definition) is 4. The highest BCUT2D eigenvalue weighted by Crippen LogP contribution is 2.20. The van der Waals surface area contributed by atoms with Crippen LogP contribution in [0.4, 0.5) is 0 Å². The average Bonchev–Trinajstić information content (AvgIpc) is 2.97. The smallest absolute Gasteiger partial charge is 0.251 e. The number of halogens is 1. The van der Waals surface area contributed by atoms with Crippen LogP contribution in [0, 0.1) is 6.92 Å². The number of nitrogens with zero attached hydrogens (tertiary/aromatic N) is 1. The van der Waals surface area contributed by atoms with E-state index in [2.05, 4.69) is 0 Å². The average molecular weight is 329 g/mol. The second-order valence-electron chi connectivity index (χ2n) is 5.48. The van der Waals surface area contributed by atoms with Crippen LogP contribution in [0.25, 0.3) is 0 Å². The molecule has 1 aromatic rings. The summed E-state index contributed by atoms with van der Waals surface area (Å²) in [6.07, 6.45) is 1.30. The third-order valence-electron chi connectivity index (χ3n) is 3.74. The lowest BCUT2D eigenvalue weighted by Gasteiger charge is -2.21. The minimum absolute atomic E-state index is 0. The Morgan fingerprint density at radius 1 is 1.36 bits per heavy atom. The summed E-state index contributed by atoms with van der Waals surface area (Å²) in [6.45, 7) is 3.52. The van der Waals surface area contributed by atoms with Crippen LogP contribution < -0.4 is 10.5 Å². The molecular weight excluding hydrogens is 304 g/mol. The summed E-state index contributed by atoms with van der Waals surface area (Å²) in [4.78, 5) is 13.9. The summed E-state index contributed by atoms with van der Waals surface area (Å²) < 4.78 is 11.2. The number of hydrogen-bond donors (Lipinski definition) is 1. The van der Waals surface area contributed by atoms with E-state index in [4.69, 9.17) is 15.2 Å². The van der Waals surface area contributed by atoms with Crippen LogP contribution in [0.5, 0.6) is 5.75 Å². The Balaban J connectivity index is 0.00000242. The number of rotatable bonds is 6. The Morgan fingerprint density at radius 2 is 2.05 bits per heavy atom. The Hall–Kier alpha value is -1.30. The molecule has 22 heavy (non-hydrogen) atoms. The second-order valence-corrected chi connectivity index (χ2v) is 5.48. The third kappa shape index (κ3) is 5.16.